The molecule has 9 heteroatoms. The second-order valence-corrected chi connectivity index (χ2v) is 7.29. The highest BCUT2D eigenvalue weighted by Crippen LogP contribution is 2.32. The number of tetrazole rings is 1. The standard InChI is InChI=1S/C18H23N7O2/c1-22(2)18(27)24-9-8-14-10-23(11-15(14)24)16(26)12-25-20-17(19-21-25)13-6-4-3-5-7-13/h3-7,14-15H,8-12H2,1-2H3/t14-,15+/m0/s1. The van der Waals surface area contributed by atoms with Gasteiger partial charge in [-0.1, -0.05) is 30.3 Å². The number of urea groups is 1. The van der Waals surface area contributed by atoms with Gasteiger partial charge in [-0.05, 0) is 11.6 Å². The molecule has 3 heterocycles. The second-order valence-electron chi connectivity index (χ2n) is 7.29. The van der Waals surface area contributed by atoms with E-state index in [1.54, 1.807) is 19.0 Å². The highest BCUT2D eigenvalue weighted by molar-refractivity contribution is 5.77. The second kappa shape index (κ2) is 6.98. The fourth-order valence-corrected chi connectivity index (χ4v) is 3.89. The lowest BCUT2D eigenvalue weighted by Gasteiger charge is -2.27. The number of aromatic nitrogens is 4. The third-order valence-electron chi connectivity index (χ3n) is 5.29. The van der Waals surface area contributed by atoms with Gasteiger partial charge in [-0.2, -0.15) is 4.80 Å². The van der Waals surface area contributed by atoms with Gasteiger partial charge in [0.1, 0.15) is 6.54 Å². The molecule has 0 radical (unpaired) electrons. The van der Waals surface area contributed by atoms with Crippen molar-refractivity contribution >= 4 is 11.9 Å². The van der Waals surface area contributed by atoms with Crippen LogP contribution in [-0.2, 0) is 11.3 Å². The summed E-state index contributed by atoms with van der Waals surface area (Å²) in [4.78, 5) is 31.6. The van der Waals surface area contributed by atoms with Gasteiger partial charge in [0.25, 0.3) is 0 Å². The monoisotopic (exact) mass is 369 g/mol. The van der Waals surface area contributed by atoms with E-state index < -0.39 is 0 Å². The van der Waals surface area contributed by atoms with Crippen molar-refractivity contribution < 1.29 is 9.59 Å². The number of amides is 3. The summed E-state index contributed by atoms with van der Waals surface area (Å²) >= 11 is 0. The molecule has 4 rings (SSSR count). The summed E-state index contributed by atoms with van der Waals surface area (Å²) in [6.45, 7) is 2.07. The van der Waals surface area contributed by atoms with Gasteiger partial charge < -0.3 is 14.7 Å². The number of carbonyl (C=O) groups is 2. The van der Waals surface area contributed by atoms with E-state index in [9.17, 15) is 9.59 Å². The Balaban J connectivity index is 1.39. The van der Waals surface area contributed by atoms with Crippen LogP contribution >= 0.6 is 0 Å². The molecular formula is C18H23N7O2. The van der Waals surface area contributed by atoms with Crippen molar-refractivity contribution in [3.63, 3.8) is 0 Å². The fourth-order valence-electron chi connectivity index (χ4n) is 3.89. The Bertz CT molecular complexity index is 835. The zero-order valence-electron chi connectivity index (χ0n) is 15.5. The Morgan fingerprint density at radius 2 is 1.96 bits per heavy atom. The molecule has 0 bridgehead atoms. The maximum atomic E-state index is 12.7. The van der Waals surface area contributed by atoms with Crippen LogP contribution < -0.4 is 0 Å². The number of benzene rings is 1. The van der Waals surface area contributed by atoms with Gasteiger partial charge >= 0.3 is 6.03 Å². The lowest BCUT2D eigenvalue weighted by atomic mass is 10.1. The SMILES string of the molecule is CN(C)C(=O)N1CC[C@H]2CN(C(=O)Cn3nnc(-c4ccccc4)n3)C[C@H]21. The van der Waals surface area contributed by atoms with Crippen LogP contribution in [0.1, 0.15) is 6.42 Å². The number of carbonyl (C=O) groups excluding carboxylic acids is 2. The average molecular weight is 369 g/mol. The zero-order chi connectivity index (χ0) is 19.0. The quantitative estimate of drug-likeness (QED) is 0.789. The van der Waals surface area contributed by atoms with Gasteiger partial charge in [0.2, 0.25) is 11.7 Å². The first-order valence-electron chi connectivity index (χ1n) is 9.12. The highest BCUT2D eigenvalue weighted by Gasteiger charge is 2.45. The van der Waals surface area contributed by atoms with E-state index in [4.69, 9.17) is 0 Å². The molecule has 9 nitrogen and oxygen atoms in total. The summed E-state index contributed by atoms with van der Waals surface area (Å²) in [7, 11) is 3.52. The van der Waals surface area contributed by atoms with E-state index in [1.807, 2.05) is 40.1 Å². The van der Waals surface area contributed by atoms with E-state index in [0.717, 1.165) is 18.5 Å². The Morgan fingerprint density at radius 3 is 2.70 bits per heavy atom. The lowest BCUT2D eigenvalue weighted by Crippen LogP contribution is -2.45. The van der Waals surface area contributed by atoms with Gasteiger partial charge in [0.05, 0.1) is 6.04 Å². The van der Waals surface area contributed by atoms with Crippen molar-refractivity contribution in [3.8, 4) is 11.4 Å². The minimum atomic E-state index is -0.0429. The molecule has 0 saturated carbocycles. The van der Waals surface area contributed by atoms with Gasteiger partial charge in [0.15, 0.2) is 0 Å². The van der Waals surface area contributed by atoms with Crippen molar-refractivity contribution in [1.29, 1.82) is 0 Å². The van der Waals surface area contributed by atoms with Crippen LogP contribution in [0.2, 0.25) is 0 Å². The summed E-state index contributed by atoms with van der Waals surface area (Å²) in [5.74, 6) is 0.810. The van der Waals surface area contributed by atoms with E-state index in [0.29, 0.717) is 24.8 Å². The zero-order valence-corrected chi connectivity index (χ0v) is 15.5. The van der Waals surface area contributed by atoms with Crippen molar-refractivity contribution in [2.75, 3.05) is 33.7 Å². The predicted octanol–water partition coefficient (Wildman–Crippen LogP) is 0.554. The Kier molecular flexibility index (Phi) is 4.51. The first kappa shape index (κ1) is 17.4. The summed E-state index contributed by atoms with van der Waals surface area (Å²) in [6.07, 6.45) is 0.938. The van der Waals surface area contributed by atoms with Gasteiger partial charge in [0, 0.05) is 45.2 Å². The van der Waals surface area contributed by atoms with E-state index in [1.165, 1.54) is 4.80 Å². The predicted molar refractivity (Wildman–Crippen MR) is 97.5 cm³/mol. The van der Waals surface area contributed by atoms with E-state index in [2.05, 4.69) is 15.4 Å². The van der Waals surface area contributed by atoms with Crippen LogP contribution in [0.5, 0.6) is 0 Å². The number of hydrogen-bond donors (Lipinski definition) is 0. The minimum absolute atomic E-state index is 0.0160. The summed E-state index contributed by atoms with van der Waals surface area (Å²) in [5.41, 5.74) is 0.866. The Hall–Kier alpha value is -2.97. The molecule has 2 aliphatic heterocycles. The minimum Gasteiger partial charge on any atom is -0.339 e. The largest absolute Gasteiger partial charge is 0.339 e. The van der Waals surface area contributed by atoms with Crippen LogP contribution in [0.4, 0.5) is 4.79 Å². The van der Waals surface area contributed by atoms with Gasteiger partial charge in [-0.3, -0.25) is 4.79 Å². The molecule has 3 amide bonds. The van der Waals surface area contributed by atoms with Crippen LogP contribution in [0.15, 0.2) is 30.3 Å². The molecule has 0 aliphatic carbocycles. The molecule has 2 aromatic rings. The summed E-state index contributed by atoms with van der Waals surface area (Å²) < 4.78 is 0. The molecule has 0 unspecified atom stereocenters. The molecular weight excluding hydrogens is 346 g/mol. The number of fused-ring (bicyclic) bond motifs is 1. The van der Waals surface area contributed by atoms with Crippen molar-refractivity contribution in [1.82, 2.24) is 34.9 Å². The number of nitrogens with zero attached hydrogens (tertiary/aromatic N) is 7. The third-order valence-corrected chi connectivity index (χ3v) is 5.29. The molecule has 1 aromatic heterocycles. The molecule has 2 fully saturated rings. The van der Waals surface area contributed by atoms with Crippen LogP contribution in [0.25, 0.3) is 11.4 Å². The number of hydrogen-bond acceptors (Lipinski definition) is 5. The third kappa shape index (κ3) is 3.36. The highest BCUT2D eigenvalue weighted by atomic mass is 16.2. The molecule has 142 valence electrons. The smallest absolute Gasteiger partial charge is 0.319 e. The van der Waals surface area contributed by atoms with Crippen LogP contribution in [-0.4, -0.2) is 86.6 Å². The van der Waals surface area contributed by atoms with E-state index in [-0.39, 0.29) is 24.5 Å². The molecule has 2 saturated heterocycles. The molecule has 1 aromatic carbocycles. The Labute approximate surface area is 157 Å². The maximum Gasteiger partial charge on any atom is 0.319 e. The summed E-state index contributed by atoms with van der Waals surface area (Å²) in [5, 5.41) is 12.3. The van der Waals surface area contributed by atoms with Crippen molar-refractivity contribution in [2.45, 2.75) is 19.0 Å². The lowest BCUT2D eigenvalue weighted by molar-refractivity contribution is -0.131. The Morgan fingerprint density at radius 1 is 1.19 bits per heavy atom. The first-order valence-corrected chi connectivity index (χ1v) is 9.12. The van der Waals surface area contributed by atoms with Gasteiger partial charge in [-0.25, -0.2) is 4.79 Å². The van der Waals surface area contributed by atoms with E-state index >= 15 is 0 Å². The number of likely N-dealkylation sites (tertiary alicyclic amines) is 2. The normalized spacial score (nSPS) is 21.4. The van der Waals surface area contributed by atoms with Crippen LogP contribution in [0.3, 0.4) is 0 Å². The topological polar surface area (TPSA) is 87.5 Å². The first-order chi connectivity index (χ1) is 13.0. The molecule has 27 heavy (non-hydrogen) atoms. The molecule has 0 N–H and O–H groups in total. The van der Waals surface area contributed by atoms with Gasteiger partial charge in [-0.15, -0.1) is 10.2 Å². The van der Waals surface area contributed by atoms with Crippen molar-refractivity contribution in [3.05, 3.63) is 30.3 Å². The number of rotatable bonds is 3. The fraction of sp³-hybridized carbons (Fsp3) is 0.500. The summed E-state index contributed by atoms with van der Waals surface area (Å²) in [6, 6.07) is 9.67. The maximum absolute atomic E-state index is 12.7. The molecule has 2 atom stereocenters. The average Bonchev–Trinajstić information content (AvgIpc) is 3.37. The molecule has 0 spiro atoms. The molecule has 2 aliphatic rings. The van der Waals surface area contributed by atoms with Crippen molar-refractivity contribution in [2.24, 2.45) is 5.92 Å². The van der Waals surface area contributed by atoms with Crippen LogP contribution in [0, 0.1) is 5.92 Å².